The predicted molar refractivity (Wildman–Crippen MR) is 66.8 cm³/mol. The normalized spacial score (nSPS) is 17.6. The number of carbonyl (C=O) groups is 1. The summed E-state index contributed by atoms with van der Waals surface area (Å²) in [6, 6.07) is 0. The van der Waals surface area contributed by atoms with Gasteiger partial charge in [-0.25, -0.2) is 0 Å². The highest BCUT2D eigenvalue weighted by Gasteiger charge is 2.39. The zero-order valence-corrected chi connectivity index (χ0v) is 11.1. The second-order valence-corrected chi connectivity index (χ2v) is 4.88. The summed E-state index contributed by atoms with van der Waals surface area (Å²) in [7, 11) is 1.69. The van der Waals surface area contributed by atoms with Crippen LogP contribution in [0.4, 0.5) is 0 Å². The van der Waals surface area contributed by atoms with Gasteiger partial charge >= 0.3 is 0 Å². The second-order valence-electron chi connectivity index (χ2n) is 4.88. The number of rotatable bonds is 8. The molecule has 4 heteroatoms. The van der Waals surface area contributed by atoms with E-state index in [9.17, 15) is 4.79 Å². The summed E-state index contributed by atoms with van der Waals surface area (Å²) in [4.78, 5) is 13.9. The Kier molecular flexibility index (Phi) is 5.92. The fourth-order valence-electron chi connectivity index (χ4n) is 2.24. The largest absolute Gasteiger partial charge is 0.395 e. The zero-order chi connectivity index (χ0) is 12.7. The molecule has 0 bridgehead atoms. The topological polar surface area (TPSA) is 49.8 Å². The van der Waals surface area contributed by atoms with E-state index in [1.165, 1.54) is 0 Å². The van der Waals surface area contributed by atoms with Crippen molar-refractivity contribution in [3.05, 3.63) is 0 Å². The summed E-state index contributed by atoms with van der Waals surface area (Å²) in [5.74, 6) is 0.119. The van der Waals surface area contributed by atoms with Crippen LogP contribution in [-0.4, -0.2) is 48.3 Å². The average Bonchev–Trinajstić information content (AvgIpc) is 2.29. The molecule has 0 heterocycles. The molecule has 1 N–H and O–H groups in total. The first kappa shape index (κ1) is 14.5. The van der Waals surface area contributed by atoms with Crippen molar-refractivity contribution in [1.82, 2.24) is 4.90 Å². The number of ether oxygens (including phenoxy) is 1. The minimum absolute atomic E-state index is 0.0371. The van der Waals surface area contributed by atoms with Crippen LogP contribution in [0.5, 0.6) is 0 Å². The van der Waals surface area contributed by atoms with Gasteiger partial charge in [-0.3, -0.25) is 4.79 Å². The Morgan fingerprint density at radius 1 is 1.41 bits per heavy atom. The van der Waals surface area contributed by atoms with Gasteiger partial charge in [-0.1, -0.05) is 13.3 Å². The molecule has 1 saturated carbocycles. The van der Waals surface area contributed by atoms with Gasteiger partial charge < -0.3 is 14.7 Å². The van der Waals surface area contributed by atoms with Gasteiger partial charge in [0.1, 0.15) is 0 Å². The number of carbonyl (C=O) groups excluding carboxylic acids is 1. The Morgan fingerprint density at radius 2 is 2.12 bits per heavy atom. The third kappa shape index (κ3) is 3.96. The number of aliphatic hydroxyl groups is 1. The number of hydrogen-bond donors (Lipinski definition) is 1. The maximum absolute atomic E-state index is 12.1. The molecule has 0 spiro atoms. The molecule has 0 radical (unpaired) electrons. The molecule has 1 aliphatic rings. The number of unbranched alkanes of at least 4 members (excludes halogenated alkanes) is 1. The number of methoxy groups -OCH3 is 1. The minimum atomic E-state index is -0.211. The third-order valence-electron chi connectivity index (χ3n) is 3.68. The molecule has 1 aliphatic carbocycles. The molecule has 17 heavy (non-hydrogen) atoms. The van der Waals surface area contributed by atoms with E-state index < -0.39 is 0 Å². The Labute approximate surface area is 104 Å². The SMILES string of the molecule is CCCCN(CCO)C(=O)CC1(OC)CCC1. The first-order valence-corrected chi connectivity index (χ1v) is 6.61. The Hall–Kier alpha value is -0.610. The van der Waals surface area contributed by atoms with E-state index in [-0.39, 0.29) is 18.1 Å². The van der Waals surface area contributed by atoms with Crippen molar-refractivity contribution in [3.63, 3.8) is 0 Å². The molecule has 0 unspecified atom stereocenters. The van der Waals surface area contributed by atoms with Gasteiger partial charge in [-0.05, 0) is 25.7 Å². The van der Waals surface area contributed by atoms with E-state index in [2.05, 4.69) is 6.92 Å². The Bertz CT molecular complexity index is 233. The van der Waals surface area contributed by atoms with Crippen LogP contribution in [0.25, 0.3) is 0 Å². The van der Waals surface area contributed by atoms with Crippen LogP contribution >= 0.6 is 0 Å². The van der Waals surface area contributed by atoms with E-state index in [1.54, 1.807) is 12.0 Å². The molecular weight excluding hydrogens is 218 g/mol. The van der Waals surface area contributed by atoms with Gasteiger partial charge in [0.15, 0.2) is 0 Å². The highest BCUT2D eigenvalue weighted by Crippen LogP contribution is 2.38. The van der Waals surface area contributed by atoms with Crippen molar-refractivity contribution in [3.8, 4) is 0 Å². The van der Waals surface area contributed by atoms with Crippen LogP contribution in [0.15, 0.2) is 0 Å². The highest BCUT2D eigenvalue weighted by atomic mass is 16.5. The molecule has 1 rings (SSSR count). The smallest absolute Gasteiger partial charge is 0.225 e. The van der Waals surface area contributed by atoms with E-state index in [0.29, 0.717) is 13.0 Å². The fraction of sp³-hybridized carbons (Fsp3) is 0.923. The number of aliphatic hydroxyl groups excluding tert-OH is 1. The summed E-state index contributed by atoms with van der Waals surface area (Å²) in [5.41, 5.74) is -0.211. The summed E-state index contributed by atoms with van der Waals surface area (Å²) in [6.45, 7) is 3.33. The molecule has 100 valence electrons. The predicted octanol–water partition coefficient (Wildman–Crippen LogP) is 1.57. The molecular formula is C13H25NO3. The average molecular weight is 243 g/mol. The van der Waals surface area contributed by atoms with Crippen LogP contribution in [-0.2, 0) is 9.53 Å². The molecule has 0 atom stereocenters. The lowest BCUT2D eigenvalue weighted by Crippen LogP contribution is -2.46. The Morgan fingerprint density at radius 3 is 2.53 bits per heavy atom. The second kappa shape index (κ2) is 6.97. The van der Waals surface area contributed by atoms with E-state index in [4.69, 9.17) is 9.84 Å². The first-order chi connectivity index (χ1) is 8.17. The quantitative estimate of drug-likeness (QED) is 0.704. The third-order valence-corrected chi connectivity index (χ3v) is 3.68. The van der Waals surface area contributed by atoms with Crippen LogP contribution in [0.1, 0.15) is 45.4 Å². The van der Waals surface area contributed by atoms with Crippen molar-refractivity contribution in [1.29, 1.82) is 0 Å². The summed E-state index contributed by atoms with van der Waals surface area (Å²) < 4.78 is 5.47. The van der Waals surface area contributed by atoms with Crippen LogP contribution in [0, 0.1) is 0 Å². The van der Waals surface area contributed by atoms with Gasteiger partial charge in [-0.2, -0.15) is 0 Å². The number of nitrogens with zero attached hydrogens (tertiary/aromatic N) is 1. The summed E-state index contributed by atoms with van der Waals surface area (Å²) in [6.07, 6.45) is 5.63. The van der Waals surface area contributed by atoms with E-state index in [0.717, 1.165) is 38.6 Å². The molecule has 4 nitrogen and oxygen atoms in total. The van der Waals surface area contributed by atoms with Gasteiger partial charge in [0.05, 0.1) is 18.6 Å². The number of hydrogen-bond acceptors (Lipinski definition) is 3. The molecule has 0 aromatic rings. The minimum Gasteiger partial charge on any atom is -0.395 e. The van der Waals surface area contributed by atoms with Crippen molar-refractivity contribution in [2.45, 2.75) is 51.0 Å². The van der Waals surface area contributed by atoms with Crippen LogP contribution < -0.4 is 0 Å². The molecule has 1 amide bonds. The fourth-order valence-corrected chi connectivity index (χ4v) is 2.24. The Balaban J connectivity index is 2.45. The maximum atomic E-state index is 12.1. The van der Waals surface area contributed by atoms with Gasteiger partial charge in [0, 0.05) is 20.2 Å². The van der Waals surface area contributed by atoms with Crippen molar-refractivity contribution in [2.24, 2.45) is 0 Å². The van der Waals surface area contributed by atoms with Crippen molar-refractivity contribution >= 4 is 5.91 Å². The molecule has 1 fully saturated rings. The molecule has 0 aromatic heterocycles. The van der Waals surface area contributed by atoms with Crippen molar-refractivity contribution in [2.75, 3.05) is 26.8 Å². The van der Waals surface area contributed by atoms with Crippen molar-refractivity contribution < 1.29 is 14.6 Å². The summed E-state index contributed by atoms with van der Waals surface area (Å²) in [5, 5.41) is 8.99. The highest BCUT2D eigenvalue weighted by molar-refractivity contribution is 5.77. The molecule has 0 aliphatic heterocycles. The zero-order valence-electron chi connectivity index (χ0n) is 11.1. The van der Waals surface area contributed by atoms with Crippen LogP contribution in [0.2, 0.25) is 0 Å². The maximum Gasteiger partial charge on any atom is 0.225 e. The monoisotopic (exact) mass is 243 g/mol. The van der Waals surface area contributed by atoms with E-state index >= 15 is 0 Å². The van der Waals surface area contributed by atoms with Gasteiger partial charge in [0.25, 0.3) is 0 Å². The van der Waals surface area contributed by atoms with Gasteiger partial charge in [0.2, 0.25) is 5.91 Å². The van der Waals surface area contributed by atoms with Crippen LogP contribution in [0.3, 0.4) is 0 Å². The first-order valence-electron chi connectivity index (χ1n) is 6.61. The van der Waals surface area contributed by atoms with Gasteiger partial charge in [-0.15, -0.1) is 0 Å². The lowest BCUT2D eigenvalue weighted by Gasteiger charge is -2.41. The standard InChI is InChI=1S/C13H25NO3/c1-3-4-8-14(9-10-15)12(16)11-13(17-2)6-5-7-13/h15H,3-11H2,1-2H3. The van der Waals surface area contributed by atoms with E-state index in [1.807, 2.05) is 0 Å². The molecule has 0 saturated heterocycles. The lowest BCUT2D eigenvalue weighted by atomic mass is 9.77. The molecule has 0 aromatic carbocycles. The summed E-state index contributed by atoms with van der Waals surface area (Å²) >= 11 is 0. The lowest BCUT2D eigenvalue weighted by molar-refractivity contribution is -0.144. The number of amides is 1.